The summed E-state index contributed by atoms with van der Waals surface area (Å²) in [6.45, 7) is 4.53. The van der Waals surface area contributed by atoms with E-state index in [1.807, 2.05) is 0 Å². The van der Waals surface area contributed by atoms with Gasteiger partial charge in [-0.1, -0.05) is 12.1 Å². The minimum Gasteiger partial charge on any atom is -0.444 e. The predicted molar refractivity (Wildman–Crippen MR) is 120 cm³/mol. The maximum Gasteiger partial charge on any atom is 0.411 e. The Kier molecular flexibility index (Phi) is 6.97. The largest absolute Gasteiger partial charge is 0.444 e. The number of likely N-dealkylation sites (tertiary alicyclic amines) is 1. The van der Waals surface area contributed by atoms with Crippen molar-refractivity contribution >= 4 is 27.5 Å². The Bertz CT molecular complexity index is 1230. The molecule has 2 amide bonds. The molecule has 11 heteroatoms. The summed E-state index contributed by atoms with van der Waals surface area (Å²) in [6, 6.07) is 5.43. The van der Waals surface area contributed by atoms with Gasteiger partial charge in [0, 0.05) is 23.8 Å². The summed E-state index contributed by atoms with van der Waals surface area (Å²) in [7, 11) is -3.82. The summed E-state index contributed by atoms with van der Waals surface area (Å²) in [5.41, 5.74) is -1.67. The van der Waals surface area contributed by atoms with Gasteiger partial charge in [0.1, 0.15) is 23.6 Å². The van der Waals surface area contributed by atoms with Crippen LogP contribution in [-0.4, -0.2) is 55.9 Å². The molecule has 34 heavy (non-hydrogen) atoms. The molecule has 1 N–H and O–H groups in total. The number of ether oxygens (including phenoxy) is 1. The Morgan fingerprint density at radius 2 is 1.79 bits per heavy atom. The number of benzene rings is 2. The van der Waals surface area contributed by atoms with Crippen LogP contribution in [0, 0.1) is 11.6 Å². The average molecular weight is 499 g/mol. The van der Waals surface area contributed by atoms with Crippen LogP contribution in [0.5, 0.6) is 0 Å². The first kappa shape index (κ1) is 25.5. The highest BCUT2D eigenvalue weighted by atomic mass is 32.2. The van der Waals surface area contributed by atoms with Crippen molar-refractivity contribution in [1.29, 1.82) is 0 Å². The first-order valence-corrected chi connectivity index (χ1v) is 12.3. The van der Waals surface area contributed by atoms with Gasteiger partial charge in [0.25, 0.3) is 0 Å². The van der Waals surface area contributed by atoms with Crippen molar-refractivity contribution in [2.45, 2.75) is 49.9 Å². The summed E-state index contributed by atoms with van der Waals surface area (Å²) >= 11 is 0. The Hall–Kier alpha value is -3.08. The van der Waals surface area contributed by atoms with Crippen LogP contribution in [0.25, 0.3) is 11.1 Å². The van der Waals surface area contributed by atoms with Gasteiger partial charge in [-0.15, -0.1) is 0 Å². The van der Waals surface area contributed by atoms with Crippen molar-refractivity contribution in [2.24, 2.45) is 0 Å². The highest BCUT2D eigenvalue weighted by Gasteiger charge is 2.42. The zero-order valence-corrected chi connectivity index (χ0v) is 19.9. The topological polar surface area (TPSA) is 92.8 Å². The van der Waals surface area contributed by atoms with E-state index in [4.69, 9.17) is 4.74 Å². The molecular formula is C23H25F3N2O5S. The number of sulfone groups is 1. The monoisotopic (exact) mass is 498 g/mol. The second-order valence-electron chi connectivity index (χ2n) is 9.05. The number of halogens is 3. The summed E-state index contributed by atoms with van der Waals surface area (Å²) in [5.74, 6) is -2.63. The van der Waals surface area contributed by atoms with Gasteiger partial charge in [-0.3, -0.25) is 9.69 Å². The van der Waals surface area contributed by atoms with E-state index in [-0.39, 0.29) is 34.7 Å². The fraction of sp³-hybridized carbons (Fsp3) is 0.391. The van der Waals surface area contributed by atoms with E-state index in [2.05, 4.69) is 5.32 Å². The van der Waals surface area contributed by atoms with Crippen molar-refractivity contribution in [3.05, 3.63) is 48.0 Å². The zero-order chi connectivity index (χ0) is 25.4. The van der Waals surface area contributed by atoms with Gasteiger partial charge in [0.15, 0.2) is 15.7 Å². The van der Waals surface area contributed by atoms with Crippen LogP contribution in [0.2, 0.25) is 0 Å². The summed E-state index contributed by atoms with van der Waals surface area (Å²) in [6.07, 6.45) is -1.73. The van der Waals surface area contributed by atoms with Crippen LogP contribution in [0.3, 0.4) is 0 Å². The molecule has 0 saturated carbocycles. The van der Waals surface area contributed by atoms with Gasteiger partial charge in [-0.05, 0) is 45.0 Å². The summed E-state index contributed by atoms with van der Waals surface area (Å²) in [4.78, 5) is 26.0. The third-order valence-electron chi connectivity index (χ3n) is 5.07. The van der Waals surface area contributed by atoms with Gasteiger partial charge in [-0.2, -0.15) is 0 Å². The molecular weight excluding hydrogens is 473 g/mol. The number of hydrogen-bond acceptors (Lipinski definition) is 5. The molecule has 7 nitrogen and oxygen atoms in total. The number of amides is 2. The highest BCUT2D eigenvalue weighted by molar-refractivity contribution is 7.90. The molecule has 1 aliphatic heterocycles. The van der Waals surface area contributed by atoms with Gasteiger partial charge >= 0.3 is 6.09 Å². The fourth-order valence-electron chi connectivity index (χ4n) is 3.64. The van der Waals surface area contributed by atoms with E-state index < -0.39 is 51.3 Å². The van der Waals surface area contributed by atoms with Crippen LogP contribution in [0.1, 0.15) is 27.2 Å². The Labute approximate surface area is 195 Å². The second-order valence-corrected chi connectivity index (χ2v) is 11.0. The lowest BCUT2D eigenvalue weighted by Crippen LogP contribution is -2.45. The number of anilines is 1. The molecule has 0 aromatic heterocycles. The standard InChI is InChI=1S/C23H25F3N2O5S/c1-23(2,3)33-22(30)28-12-14(25)11-18(28)21(29)27-17-7-5-6-15(20(17)26)16-10-13(24)8-9-19(16)34(4,31)32/h5-10,14,18H,11-12H2,1-4H3,(H,27,29)/t14-,18+/m1/s1. The van der Waals surface area contributed by atoms with E-state index in [0.29, 0.717) is 0 Å². The molecule has 0 bridgehead atoms. The lowest BCUT2D eigenvalue weighted by atomic mass is 10.0. The van der Waals surface area contributed by atoms with Crippen LogP contribution in [0.15, 0.2) is 41.3 Å². The molecule has 184 valence electrons. The molecule has 1 fully saturated rings. The molecule has 1 aliphatic rings. The normalized spacial score (nSPS) is 18.6. The number of rotatable bonds is 4. The van der Waals surface area contributed by atoms with Crippen molar-refractivity contribution in [1.82, 2.24) is 4.90 Å². The van der Waals surface area contributed by atoms with Crippen LogP contribution >= 0.6 is 0 Å². The highest BCUT2D eigenvalue weighted by Crippen LogP contribution is 2.34. The zero-order valence-electron chi connectivity index (χ0n) is 19.1. The number of carbonyl (C=O) groups excluding carboxylic acids is 2. The minimum atomic E-state index is -3.82. The number of hydrogen-bond donors (Lipinski definition) is 1. The maximum absolute atomic E-state index is 15.3. The van der Waals surface area contributed by atoms with Gasteiger partial charge in [-0.25, -0.2) is 26.4 Å². The quantitative estimate of drug-likeness (QED) is 0.634. The van der Waals surface area contributed by atoms with Crippen LogP contribution < -0.4 is 5.32 Å². The number of nitrogens with one attached hydrogen (secondary N) is 1. The molecule has 2 aromatic rings. The number of alkyl halides is 1. The predicted octanol–water partition coefficient (Wildman–Crippen LogP) is 4.32. The molecule has 0 aliphatic carbocycles. The van der Waals surface area contributed by atoms with Gasteiger partial charge in [0.05, 0.1) is 17.1 Å². The van der Waals surface area contributed by atoms with Crippen molar-refractivity contribution < 1.29 is 35.9 Å². The van der Waals surface area contributed by atoms with E-state index in [0.717, 1.165) is 29.4 Å². The third-order valence-corrected chi connectivity index (χ3v) is 6.22. The SMILES string of the molecule is CC(C)(C)OC(=O)N1C[C@H](F)C[C@H]1C(=O)Nc1cccc(-c2cc(F)ccc2S(C)(=O)=O)c1F. The van der Waals surface area contributed by atoms with Gasteiger partial charge in [0.2, 0.25) is 5.91 Å². The van der Waals surface area contributed by atoms with E-state index in [1.165, 1.54) is 18.2 Å². The molecule has 0 spiro atoms. The Balaban J connectivity index is 1.92. The molecule has 0 radical (unpaired) electrons. The lowest BCUT2D eigenvalue weighted by molar-refractivity contribution is -0.120. The van der Waals surface area contributed by atoms with Crippen molar-refractivity contribution in [3.63, 3.8) is 0 Å². The molecule has 2 atom stereocenters. The average Bonchev–Trinajstić information content (AvgIpc) is 3.09. The van der Waals surface area contributed by atoms with E-state index >= 15 is 4.39 Å². The van der Waals surface area contributed by atoms with Crippen LogP contribution in [-0.2, 0) is 19.4 Å². The van der Waals surface area contributed by atoms with Crippen molar-refractivity contribution in [3.8, 4) is 11.1 Å². The van der Waals surface area contributed by atoms with Crippen molar-refractivity contribution in [2.75, 3.05) is 18.1 Å². The second kappa shape index (κ2) is 9.28. The van der Waals surface area contributed by atoms with E-state index in [9.17, 15) is 26.8 Å². The lowest BCUT2D eigenvalue weighted by Gasteiger charge is -2.27. The first-order chi connectivity index (χ1) is 15.7. The molecule has 0 unspecified atom stereocenters. The Morgan fingerprint density at radius 3 is 2.41 bits per heavy atom. The molecule has 1 saturated heterocycles. The minimum absolute atomic E-state index is 0.212. The molecule has 3 rings (SSSR count). The van der Waals surface area contributed by atoms with Crippen LogP contribution in [0.4, 0.5) is 23.7 Å². The van der Waals surface area contributed by atoms with E-state index in [1.54, 1.807) is 20.8 Å². The van der Waals surface area contributed by atoms with Gasteiger partial charge < -0.3 is 10.1 Å². The third kappa shape index (κ3) is 5.69. The summed E-state index contributed by atoms with van der Waals surface area (Å²) < 4.78 is 72.8. The molecule has 2 aromatic carbocycles. The molecule has 1 heterocycles. The smallest absolute Gasteiger partial charge is 0.411 e. The Morgan fingerprint density at radius 1 is 1.12 bits per heavy atom. The number of carbonyl (C=O) groups is 2. The maximum atomic E-state index is 15.3. The first-order valence-electron chi connectivity index (χ1n) is 10.4. The summed E-state index contributed by atoms with van der Waals surface area (Å²) in [5, 5.41) is 2.33. The number of nitrogens with zero attached hydrogens (tertiary/aromatic N) is 1. The fourth-order valence-corrected chi connectivity index (χ4v) is 4.53.